The lowest BCUT2D eigenvalue weighted by Gasteiger charge is -2.31. The van der Waals surface area contributed by atoms with Crippen LogP contribution in [-0.2, 0) is 28.1 Å². The molecule has 4 nitrogen and oxygen atoms in total. The molecule has 0 saturated heterocycles. The number of carbonyl (C=O) groups is 1. The number of carbonyl (C=O) groups excluding carboxylic acids is 1. The quantitative estimate of drug-likeness (QED) is 0.174. The van der Waals surface area contributed by atoms with E-state index in [9.17, 15) is 4.79 Å². The molecule has 0 fully saturated rings. The molecule has 0 aliphatic heterocycles. The highest BCUT2D eigenvalue weighted by Crippen LogP contribution is 2.31. The predicted octanol–water partition coefficient (Wildman–Crippen LogP) is 8.67. The van der Waals surface area contributed by atoms with Crippen molar-refractivity contribution in [3.63, 3.8) is 0 Å². The molecule has 0 bridgehead atoms. The number of fused-ring (bicyclic) bond motifs is 1. The van der Waals surface area contributed by atoms with Crippen molar-refractivity contribution in [2.75, 3.05) is 0 Å². The number of benzene rings is 3. The minimum Gasteiger partial charge on any atom is -0.489 e. The second kappa shape index (κ2) is 12.5. The fourth-order valence-electron chi connectivity index (χ4n) is 5.38. The van der Waals surface area contributed by atoms with E-state index in [2.05, 4.69) is 100.0 Å². The molecule has 206 valence electrons. The summed E-state index contributed by atoms with van der Waals surface area (Å²) in [5.74, 6) is 1.82. The Morgan fingerprint density at radius 3 is 2.31 bits per heavy atom. The van der Waals surface area contributed by atoms with E-state index in [0.717, 1.165) is 34.2 Å². The highest BCUT2D eigenvalue weighted by molar-refractivity contribution is 5.82. The molecule has 0 N–H and O–H groups in total. The van der Waals surface area contributed by atoms with Gasteiger partial charge in [-0.05, 0) is 73.6 Å². The summed E-state index contributed by atoms with van der Waals surface area (Å²) < 4.78 is 14.1. The van der Waals surface area contributed by atoms with E-state index in [-0.39, 0.29) is 17.6 Å². The Morgan fingerprint density at radius 1 is 0.897 bits per heavy atom. The van der Waals surface area contributed by atoms with Crippen molar-refractivity contribution in [3.8, 4) is 5.75 Å². The summed E-state index contributed by atoms with van der Waals surface area (Å²) >= 11 is 0. The smallest absolute Gasteiger partial charge is 0.310 e. The van der Waals surface area contributed by atoms with Gasteiger partial charge >= 0.3 is 5.97 Å². The third-order valence-electron chi connectivity index (χ3n) is 8.03. The number of ether oxygens (including phenoxy) is 2. The van der Waals surface area contributed by atoms with Crippen LogP contribution in [0.4, 0.5) is 0 Å². The highest BCUT2D eigenvalue weighted by Gasteiger charge is 2.26. The zero-order valence-electron chi connectivity index (χ0n) is 24.3. The summed E-state index contributed by atoms with van der Waals surface area (Å²) in [5, 5.41) is 1.13. The molecular formula is C35H43NO3. The molecule has 0 spiro atoms. The average molecular weight is 526 g/mol. The fourth-order valence-corrected chi connectivity index (χ4v) is 5.38. The Kier molecular flexibility index (Phi) is 9.16. The maximum absolute atomic E-state index is 12.7. The zero-order valence-corrected chi connectivity index (χ0v) is 24.3. The van der Waals surface area contributed by atoms with Gasteiger partial charge in [-0.15, -0.1) is 0 Å². The average Bonchev–Trinajstić information content (AvgIpc) is 3.36. The number of esters is 1. The summed E-state index contributed by atoms with van der Waals surface area (Å²) in [7, 11) is 0. The van der Waals surface area contributed by atoms with Gasteiger partial charge in [0.15, 0.2) is 0 Å². The topological polar surface area (TPSA) is 40.5 Å². The fraction of sp³-hybridized carbons (Fsp3) is 0.400. The van der Waals surface area contributed by atoms with Crippen LogP contribution in [0.25, 0.3) is 10.9 Å². The van der Waals surface area contributed by atoms with Gasteiger partial charge in [-0.3, -0.25) is 4.79 Å². The van der Waals surface area contributed by atoms with Crippen LogP contribution in [0.1, 0.15) is 77.0 Å². The second-order valence-electron chi connectivity index (χ2n) is 11.6. The summed E-state index contributed by atoms with van der Waals surface area (Å²) in [5.41, 5.74) is 4.37. The van der Waals surface area contributed by atoms with E-state index in [1.807, 2.05) is 31.2 Å². The van der Waals surface area contributed by atoms with Crippen LogP contribution in [0.2, 0.25) is 0 Å². The van der Waals surface area contributed by atoms with Crippen molar-refractivity contribution in [2.24, 2.45) is 5.92 Å². The Morgan fingerprint density at radius 2 is 1.62 bits per heavy atom. The zero-order chi connectivity index (χ0) is 28.0. The molecule has 1 heterocycles. The van der Waals surface area contributed by atoms with Crippen molar-refractivity contribution >= 4 is 16.9 Å². The van der Waals surface area contributed by atoms with Crippen LogP contribution < -0.4 is 4.74 Å². The van der Waals surface area contributed by atoms with Crippen LogP contribution in [0.5, 0.6) is 5.75 Å². The third kappa shape index (κ3) is 7.32. The summed E-state index contributed by atoms with van der Waals surface area (Å²) in [6.45, 7) is 13.7. The molecule has 3 atom stereocenters. The number of hydrogen-bond acceptors (Lipinski definition) is 3. The lowest BCUT2D eigenvalue weighted by molar-refractivity contribution is -0.148. The summed E-state index contributed by atoms with van der Waals surface area (Å²) in [6.07, 6.45) is 4.07. The highest BCUT2D eigenvalue weighted by atomic mass is 16.5. The minimum absolute atomic E-state index is 0.182. The number of nitrogens with zero attached hydrogens (tertiary/aromatic N) is 1. The van der Waals surface area contributed by atoms with Gasteiger partial charge in [-0.25, -0.2) is 0 Å². The summed E-state index contributed by atoms with van der Waals surface area (Å²) in [4.78, 5) is 12.7. The van der Waals surface area contributed by atoms with Crippen LogP contribution in [0.15, 0.2) is 85.1 Å². The normalized spacial score (nSPS) is 14.1. The molecule has 4 heteroatoms. The van der Waals surface area contributed by atoms with Gasteiger partial charge in [-0.2, -0.15) is 0 Å². The van der Waals surface area contributed by atoms with E-state index in [1.54, 1.807) is 0 Å². The lowest BCUT2D eigenvalue weighted by Crippen LogP contribution is -2.32. The van der Waals surface area contributed by atoms with Gasteiger partial charge in [0.2, 0.25) is 0 Å². The van der Waals surface area contributed by atoms with E-state index < -0.39 is 0 Å². The van der Waals surface area contributed by atoms with Gasteiger partial charge < -0.3 is 14.0 Å². The minimum atomic E-state index is -0.235. The number of hydrogen-bond donors (Lipinski definition) is 0. The van der Waals surface area contributed by atoms with Gasteiger partial charge in [0, 0.05) is 29.1 Å². The van der Waals surface area contributed by atoms with Gasteiger partial charge in [0.05, 0.1) is 6.42 Å². The Bertz CT molecular complexity index is 1350. The van der Waals surface area contributed by atoms with Crippen molar-refractivity contribution in [2.45, 2.75) is 85.0 Å². The first-order valence-corrected chi connectivity index (χ1v) is 14.2. The third-order valence-corrected chi connectivity index (χ3v) is 8.03. The van der Waals surface area contributed by atoms with E-state index >= 15 is 0 Å². The second-order valence-corrected chi connectivity index (χ2v) is 11.6. The molecule has 3 aromatic carbocycles. The molecule has 4 rings (SSSR count). The molecule has 0 amide bonds. The SMILES string of the molecule is CCC(C)C(C)c1ccc(CC(=O)OC(C)CC(C)(C)n2ccc3cc(OCc4ccccc4)ccc32)cc1. The maximum atomic E-state index is 12.7. The molecule has 1 aromatic heterocycles. The van der Waals surface area contributed by atoms with Crippen molar-refractivity contribution in [1.82, 2.24) is 4.57 Å². The van der Waals surface area contributed by atoms with Gasteiger partial charge in [0.25, 0.3) is 0 Å². The Labute approximate surface area is 234 Å². The standard InChI is InChI=1S/C35H43NO3/c1-7-25(2)27(4)30-15-13-28(14-16-30)21-34(37)39-26(3)23-35(5,6)36-20-19-31-22-32(17-18-33(31)36)38-24-29-11-9-8-10-12-29/h8-20,22,25-27H,7,21,23-24H2,1-6H3. The number of aromatic nitrogens is 1. The molecule has 0 aliphatic rings. The van der Waals surface area contributed by atoms with Crippen LogP contribution >= 0.6 is 0 Å². The Hall–Kier alpha value is -3.53. The predicted molar refractivity (Wildman–Crippen MR) is 160 cm³/mol. The van der Waals surface area contributed by atoms with Crippen molar-refractivity contribution in [3.05, 3.63) is 102 Å². The van der Waals surface area contributed by atoms with Gasteiger partial charge in [0.1, 0.15) is 18.5 Å². The Balaban J connectivity index is 1.33. The monoisotopic (exact) mass is 525 g/mol. The largest absolute Gasteiger partial charge is 0.489 e. The first kappa shape index (κ1) is 28.5. The van der Waals surface area contributed by atoms with Crippen molar-refractivity contribution < 1.29 is 14.3 Å². The first-order valence-electron chi connectivity index (χ1n) is 14.2. The van der Waals surface area contributed by atoms with E-state index in [0.29, 0.717) is 31.3 Å². The number of rotatable bonds is 12. The maximum Gasteiger partial charge on any atom is 0.310 e. The van der Waals surface area contributed by atoms with E-state index in [4.69, 9.17) is 9.47 Å². The summed E-state index contributed by atoms with van der Waals surface area (Å²) in [6, 6.07) is 27.0. The molecule has 0 radical (unpaired) electrons. The van der Waals surface area contributed by atoms with Crippen LogP contribution in [-0.4, -0.2) is 16.6 Å². The molecule has 0 saturated carbocycles. The molecule has 3 unspecified atom stereocenters. The van der Waals surface area contributed by atoms with Gasteiger partial charge in [-0.1, -0.05) is 81.8 Å². The molecule has 39 heavy (non-hydrogen) atoms. The molecular weight excluding hydrogens is 482 g/mol. The van der Waals surface area contributed by atoms with Crippen LogP contribution in [0.3, 0.4) is 0 Å². The molecule has 4 aromatic rings. The lowest BCUT2D eigenvalue weighted by atomic mass is 9.87. The molecule has 0 aliphatic carbocycles. The van der Waals surface area contributed by atoms with E-state index in [1.165, 1.54) is 5.56 Å². The van der Waals surface area contributed by atoms with Crippen LogP contribution in [0, 0.1) is 5.92 Å². The first-order chi connectivity index (χ1) is 18.7. The van der Waals surface area contributed by atoms with Crippen molar-refractivity contribution in [1.29, 1.82) is 0 Å².